The SMILES string of the molecule is CCOc1c(Br)cc(CNc2cccc(F)c2)cc1OC. The van der Waals surface area contributed by atoms with Gasteiger partial charge in [0.2, 0.25) is 0 Å². The lowest BCUT2D eigenvalue weighted by atomic mass is 10.2. The second kappa shape index (κ2) is 7.31. The molecule has 3 nitrogen and oxygen atoms in total. The van der Waals surface area contributed by atoms with Crippen molar-refractivity contribution in [1.29, 1.82) is 0 Å². The lowest BCUT2D eigenvalue weighted by Gasteiger charge is -2.14. The van der Waals surface area contributed by atoms with Gasteiger partial charge in [-0.2, -0.15) is 0 Å². The van der Waals surface area contributed by atoms with Gasteiger partial charge in [-0.1, -0.05) is 6.07 Å². The normalized spacial score (nSPS) is 10.3. The van der Waals surface area contributed by atoms with Crippen LogP contribution in [-0.2, 0) is 6.54 Å². The van der Waals surface area contributed by atoms with E-state index < -0.39 is 0 Å². The van der Waals surface area contributed by atoms with Crippen molar-refractivity contribution >= 4 is 21.6 Å². The molecule has 0 aromatic heterocycles. The lowest BCUT2D eigenvalue weighted by molar-refractivity contribution is 0.308. The summed E-state index contributed by atoms with van der Waals surface area (Å²) in [5.41, 5.74) is 1.74. The molecule has 0 aliphatic heterocycles. The van der Waals surface area contributed by atoms with Crippen LogP contribution in [0.4, 0.5) is 10.1 Å². The maximum absolute atomic E-state index is 13.1. The predicted octanol–water partition coefficient (Wildman–Crippen LogP) is 4.61. The van der Waals surface area contributed by atoms with Crippen molar-refractivity contribution in [2.45, 2.75) is 13.5 Å². The van der Waals surface area contributed by atoms with Gasteiger partial charge in [-0.05, 0) is 58.7 Å². The van der Waals surface area contributed by atoms with E-state index in [0.717, 1.165) is 15.7 Å². The highest BCUT2D eigenvalue weighted by Gasteiger charge is 2.11. The zero-order valence-corrected chi connectivity index (χ0v) is 13.5. The number of nitrogens with one attached hydrogen (secondary N) is 1. The van der Waals surface area contributed by atoms with Gasteiger partial charge in [-0.15, -0.1) is 0 Å². The van der Waals surface area contributed by atoms with Crippen molar-refractivity contribution in [2.24, 2.45) is 0 Å². The molecule has 0 unspecified atom stereocenters. The van der Waals surface area contributed by atoms with E-state index in [-0.39, 0.29) is 5.82 Å². The van der Waals surface area contributed by atoms with E-state index in [0.29, 0.717) is 24.7 Å². The number of hydrogen-bond acceptors (Lipinski definition) is 3. The lowest BCUT2D eigenvalue weighted by Crippen LogP contribution is -2.02. The Labute approximate surface area is 132 Å². The minimum atomic E-state index is -0.259. The molecule has 0 fully saturated rings. The summed E-state index contributed by atoms with van der Waals surface area (Å²) < 4.78 is 24.9. The molecule has 0 saturated heterocycles. The van der Waals surface area contributed by atoms with Gasteiger partial charge >= 0.3 is 0 Å². The van der Waals surface area contributed by atoms with Crippen LogP contribution in [0, 0.1) is 5.82 Å². The first kappa shape index (κ1) is 15.6. The van der Waals surface area contributed by atoms with Gasteiger partial charge in [-0.3, -0.25) is 0 Å². The average molecular weight is 354 g/mol. The summed E-state index contributed by atoms with van der Waals surface area (Å²) in [6.45, 7) is 3.05. The van der Waals surface area contributed by atoms with Gasteiger partial charge in [0.1, 0.15) is 5.82 Å². The maximum atomic E-state index is 13.1. The van der Waals surface area contributed by atoms with E-state index in [1.165, 1.54) is 12.1 Å². The van der Waals surface area contributed by atoms with Gasteiger partial charge in [0, 0.05) is 12.2 Å². The molecule has 0 amide bonds. The van der Waals surface area contributed by atoms with Crippen molar-refractivity contribution in [3.63, 3.8) is 0 Å². The number of anilines is 1. The fourth-order valence-corrected chi connectivity index (χ4v) is 2.57. The molecule has 0 aliphatic rings. The minimum absolute atomic E-state index is 0.259. The number of ether oxygens (including phenoxy) is 2. The van der Waals surface area contributed by atoms with Crippen molar-refractivity contribution in [3.8, 4) is 11.5 Å². The van der Waals surface area contributed by atoms with Crippen LogP contribution in [0.3, 0.4) is 0 Å². The molecule has 2 rings (SSSR count). The first-order chi connectivity index (χ1) is 10.1. The molecule has 2 aromatic rings. The monoisotopic (exact) mass is 353 g/mol. The van der Waals surface area contributed by atoms with E-state index in [9.17, 15) is 4.39 Å². The van der Waals surface area contributed by atoms with Crippen LogP contribution >= 0.6 is 15.9 Å². The van der Waals surface area contributed by atoms with Crippen LogP contribution in [0.1, 0.15) is 12.5 Å². The zero-order valence-electron chi connectivity index (χ0n) is 12.0. The van der Waals surface area contributed by atoms with Gasteiger partial charge in [0.05, 0.1) is 18.2 Å². The van der Waals surface area contributed by atoms with Crippen LogP contribution < -0.4 is 14.8 Å². The molecule has 0 saturated carbocycles. The summed E-state index contributed by atoms with van der Waals surface area (Å²) >= 11 is 3.48. The summed E-state index contributed by atoms with van der Waals surface area (Å²) in [5.74, 6) is 1.10. The van der Waals surface area contributed by atoms with Crippen molar-refractivity contribution in [3.05, 3.63) is 52.3 Å². The van der Waals surface area contributed by atoms with Crippen molar-refractivity contribution in [2.75, 3.05) is 19.0 Å². The standard InChI is InChI=1S/C16H17BrFNO2/c1-3-21-16-14(17)7-11(8-15(16)20-2)10-19-13-6-4-5-12(18)9-13/h4-9,19H,3,10H2,1-2H3. The van der Waals surface area contributed by atoms with Crippen LogP contribution in [0.15, 0.2) is 40.9 Å². The van der Waals surface area contributed by atoms with Gasteiger partial charge < -0.3 is 14.8 Å². The summed E-state index contributed by atoms with van der Waals surface area (Å²) in [7, 11) is 1.61. The topological polar surface area (TPSA) is 30.5 Å². The Balaban J connectivity index is 2.15. The first-order valence-corrected chi connectivity index (χ1v) is 7.42. The Morgan fingerprint density at radius 2 is 2.05 bits per heavy atom. The van der Waals surface area contributed by atoms with Crippen LogP contribution in [0.5, 0.6) is 11.5 Å². The molecule has 0 radical (unpaired) electrons. The Morgan fingerprint density at radius 1 is 1.24 bits per heavy atom. The minimum Gasteiger partial charge on any atom is -0.493 e. The average Bonchev–Trinajstić information content (AvgIpc) is 2.47. The summed E-state index contributed by atoms with van der Waals surface area (Å²) in [4.78, 5) is 0. The van der Waals surface area contributed by atoms with Crippen LogP contribution in [0.25, 0.3) is 0 Å². The molecule has 2 aromatic carbocycles. The van der Waals surface area contributed by atoms with Crippen LogP contribution in [-0.4, -0.2) is 13.7 Å². The smallest absolute Gasteiger partial charge is 0.175 e. The summed E-state index contributed by atoms with van der Waals surface area (Å²) in [6, 6.07) is 10.2. The molecule has 0 bridgehead atoms. The molecule has 0 spiro atoms. The van der Waals surface area contributed by atoms with E-state index in [2.05, 4.69) is 21.2 Å². The highest BCUT2D eigenvalue weighted by molar-refractivity contribution is 9.10. The Morgan fingerprint density at radius 3 is 2.71 bits per heavy atom. The molecule has 5 heteroatoms. The van der Waals surface area contributed by atoms with E-state index in [1.54, 1.807) is 13.2 Å². The van der Waals surface area contributed by atoms with Crippen molar-refractivity contribution < 1.29 is 13.9 Å². The number of hydrogen-bond donors (Lipinski definition) is 1. The molecular weight excluding hydrogens is 337 g/mol. The molecule has 112 valence electrons. The fourth-order valence-electron chi connectivity index (χ4n) is 1.96. The second-order valence-electron chi connectivity index (χ2n) is 4.41. The van der Waals surface area contributed by atoms with Gasteiger partial charge in [0.25, 0.3) is 0 Å². The highest BCUT2D eigenvalue weighted by atomic mass is 79.9. The molecule has 1 N–H and O–H groups in total. The molecule has 0 atom stereocenters. The Hall–Kier alpha value is -1.75. The third-order valence-corrected chi connectivity index (χ3v) is 3.49. The molecular formula is C16H17BrFNO2. The molecule has 0 heterocycles. The predicted molar refractivity (Wildman–Crippen MR) is 85.6 cm³/mol. The second-order valence-corrected chi connectivity index (χ2v) is 5.26. The molecule has 21 heavy (non-hydrogen) atoms. The number of methoxy groups -OCH3 is 1. The number of benzene rings is 2. The molecule has 0 aliphatic carbocycles. The summed E-state index contributed by atoms with van der Waals surface area (Å²) in [6.07, 6.45) is 0. The zero-order chi connectivity index (χ0) is 15.2. The quantitative estimate of drug-likeness (QED) is 0.822. The third kappa shape index (κ3) is 4.11. The van der Waals surface area contributed by atoms with E-state index in [4.69, 9.17) is 9.47 Å². The summed E-state index contributed by atoms with van der Waals surface area (Å²) in [5, 5.41) is 3.17. The third-order valence-electron chi connectivity index (χ3n) is 2.90. The Bertz CT molecular complexity index is 619. The Kier molecular flexibility index (Phi) is 5.44. The van der Waals surface area contributed by atoms with E-state index in [1.807, 2.05) is 25.1 Å². The maximum Gasteiger partial charge on any atom is 0.175 e. The number of halogens is 2. The van der Waals surface area contributed by atoms with Crippen LogP contribution in [0.2, 0.25) is 0 Å². The highest BCUT2D eigenvalue weighted by Crippen LogP contribution is 2.36. The van der Waals surface area contributed by atoms with Crippen molar-refractivity contribution in [1.82, 2.24) is 0 Å². The van der Waals surface area contributed by atoms with Gasteiger partial charge in [0.15, 0.2) is 11.5 Å². The number of rotatable bonds is 6. The largest absolute Gasteiger partial charge is 0.493 e. The van der Waals surface area contributed by atoms with E-state index >= 15 is 0 Å². The fraction of sp³-hybridized carbons (Fsp3) is 0.250. The first-order valence-electron chi connectivity index (χ1n) is 6.62. The van der Waals surface area contributed by atoms with Gasteiger partial charge in [-0.25, -0.2) is 4.39 Å².